The molecule has 0 aromatic carbocycles. The first kappa shape index (κ1) is 13.3. The quantitative estimate of drug-likeness (QED) is 0.847. The molecule has 0 saturated heterocycles. The van der Waals surface area contributed by atoms with Crippen molar-refractivity contribution >= 4 is 0 Å². The van der Waals surface area contributed by atoms with Gasteiger partial charge in [-0.3, -0.25) is 9.88 Å². The van der Waals surface area contributed by atoms with Gasteiger partial charge in [0.1, 0.15) is 0 Å². The molecule has 5 heteroatoms. The average Bonchev–Trinajstić information content (AvgIpc) is 2.82. The largest absolute Gasteiger partial charge is 0.384 e. The van der Waals surface area contributed by atoms with Gasteiger partial charge >= 0.3 is 0 Å². The Labute approximate surface area is 119 Å². The molecule has 106 valence electrons. The summed E-state index contributed by atoms with van der Waals surface area (Å²) in [6.45, 7) is 3.45. The molecule has 0 bridgehead atoms. The van der Waals surface area contributed by atoms with Gasteiger partial charge in [0.05, 0.1) is 24.3 Å². The summed E-state index contributed by atoms with van der Waals surface area (Å²) in [5, 5.41) is 0. The van der Waals surface area contributed by atoms with Crippen LogP contribution in [0.5, 0.6) is 0 Å². The molecular formula is C15H20N4O. The van der Waals surface area contributed by atoms with Crippen LogP contribution in [0.1, 0.15) is 23.0 Å². The van der Waals surface area contributed by atoms with E-state index >= 15 is 0 Å². The summed E-state index contributed by atoms with van der Waals surface area (Å²) < 4.78 is 7.50. The van der Waals surface area contributed by atoms with Crippen LogP contribution in [0.4, 0.5) is 0 Å². The van der Waals surface area contributed by atoms with Crippen LogP contribution in [0.15, 0.2) is 30.7 Å². The Morgan fingerprint density at radius 1 is 1.35 bits per heavy atom. The topological polar surface area (TPSA) is 43.2 Å². The molecule has 2 aromatic rings. The number of aromatic nitrogens is 3. The molecule has 0 aliphatic carbocycles. The molecule has 3 rings (SSSR count). The first-order valence-electron chi connectivity index (χ1n) is 6.89. The van der Waals surface area contributed by atoms with Crippen LogP contribution >= 0.6 is 0 Å². The highest BCUT2D eigenvalue weighted by atomic mass is 16.5. The maximum absolute atomic E-state index is 5.38. The predicted octanol–water partition coefficient (Wildman–Crippen LogP) is 1.56. The van der Waals surface area contributed by atoms with E-state index in [1.165, 1.54) is 5.69 Å². The monoisotopic (exact) mass is 272 g/mol. The Hall–Kier alpha value is -1.72. The lowest BCUT2D eigenvalue weighted by molar-refractivity contribution is 0.131. The van der Waals surface area contributed by atoms with Gasteiger partial charge in [0.2, 0.25) is 0 Å². The summed E-state index contributed by atoms with van der Waals surface area (Å²) in [6.07, 6.45) is 3.75. The molecule has 1 aliphatic heterocycles. The zero-order valence-electron chi connectivity index (χ0n) is 12.0. The van der Waals surface area contributed by atoms with E-state index in [0.717, 1.165) is 37.6 Å². The number of pyridine rings is 1. The fourth-order valence-electron chi connectivity index (χ4n) is 2.98. The van der Waals surface area contributed by atoms with Crippen molar-refractivity contribution in [2.24, 2.45) is 7.05 Å². The zero-order chi connectivity index (χ0) is 13.9. The lowest BCUT2D eigenvalue weighted by atomic mass is 9.99. The number of fused-ring (bicyclic) bond motifs is 1. The van der Waals surface area contributed by atoms with E-state index in [1.807, 2.05) is 24.7 Å². The molecule has 3 heterocycles. The van der Waals surface area contributed by atoms with E-state index in [2.05, 4.69) is 32.5 Å². The van der Waals surface area contributed by atoms with Crippen molar-refractivity contribution in [1.29, 1.82) is 0 Å². The van der Waals surface area contributed by atoms with Crippen molar-refractivity contribution in [2.75, 3.05) is 20.3 Å². The van der Waals surface area contributed by atoms with Crippen molar-refractivity contribution in [3.8, 4) is 0 Å². The fourth-order valence-corrected chi connectivity index (χ4v) is 2.98. The second-order valence-corrected chi connectivity index (χ2v) is 5.33. The van der Waals surface area contributed by atoms with Gasteiger partial charge in [0.15, 0.2) is 0 Å². The Kier molecular flexibility index (Phi) is 3.80. The summed E-state index contributed by atoms with van der Waals surface area (Å²) in [4.78, 5) is 11.3. The van der Waals surface area contributed by atoms with Crippen LogP contribution in [0.3, 0.4) is 0 Å². The van der Waals surface area contributed by atoms with Crippen molar-refractivity contribution in [3.05, 3.63) is 47.8 Å². The Morgan fingerprint density at radius 2 is 2.25 bits per heavy atom. The summed E-state index contributed by atoms with van der Waals surface area (Å²) in [6, 6.07) is 6.05. The summed E-state index contributed by atoms with van der Waals surface area (Å²) in [5.74, 6) is 0.375. The number of hydrogen-bond donors (Lipinski definition) is 0. The maximum Gasteiger partial charge on any atom is 0.0949 e. The Bertz CT molecular complexity index is 567. The molecule has 20 heavy (non-hydrogen) atoms. The normalized spacial score (nSPS) is 19.0. The number of methoxy groups -OCH3 is 1. The van der Waals surface area contributed by atoms with E-state index in [9.17, 15) is 0 Å². The van der Waals surface area contributed by atoms with Gasteiger partial charge in [-0.2, -0.15) is 0 Å². The fraction of sp³-hybridized carbons (Fsp3) is 0.467. The number of ether oxygens (including phenoxy) is 1. The molecule has 0 fully saturated rings. The minimum Gasteiger partial charge on any atom is -0.384 e. The van der Waals surface area contributed by atoms with E-state index < -0.39 is 0 Å². The van der Waals surface area contributed by atoms with Gasteiger partial charge in [0, 0.05) is 51.6 Å². The molecule has 0 N–H and O–H groups in total. The second-order valence-electron chi connectivity index (χ2n) is 5.33. The Morgan fingerprint density at radius 3 is 3.00 bits per heavy atom. The zero-order valence-corrected chi connectivity index (χ0v) is 12.0. The van der Waals surface area contributed by atoms with Gasteiger partial charge in [0.25, 0.3) is 0 Å². The molecule has 0 radical (unpaired) electrons. The van der Waals surface area contributed by atoms with Gasteiger partial charge < -0.3 is 9.30 Å². The maximum atomic E-state index is 5.38. The number of aryl methyl sites for hydroxylation is 1. The summed E-state index contributed by atoms with van der Waals surface area (Å²) in [5.41, 5.74) is 3.57. The molecule has 2 aromatic heterocycles. The standard InChI is InChI=1S/C15H20N4O/c1-18-11-17-14-9-19(7-12(10-20-2)15(14)18)8-13-5-3-4-6-16-13/h3-6,11-12H,7-10H2,1-2H3/t12-/m1/s1. The highest BCUT2D eigenvalue weighted by Crippen LogP contribution is 2.28. The van der Waals surface area contributed by atoms with E-state index in [0.29, 0.717) is 5.92 Å². The highest BCUT2D eigenvalue weighted by Gasteiger charge is 2.28. The van der Waals surface area contributed by atoms with Crippen molar-refractivity contribution < 1.29 is 4.74 Å². The number of imidazole rings is 1. The molecule has 0 saturated carbocycles. The van der Waals surface area contributed by atoms with Crippen molar-refractivity contribution in [1.82, 2.24) is 19.4 Å². The third-order valence-electron chi connectivity index (χ3n) is 3.78. The van der Waals surface area contributed by atoms with E-state index in [4.69, 9.17) is 4.74 Å². The average molecular weight is 272 g/mol. The van der Waals surface area contributed by atoms with Crippen molar-refractivity contribution in [3.63, 3.8) is 0 Å². The van der Waals surface area contributed by atoms with Crippen LogP contribution in [0.25, 0.3) is 0 Å². The molecule has 0 unspecified atom stereocenters. The molecule has 1 atom stereocenters. The summed E-state index contributed by atoms with van der Waals surface area (Å²) >= 11 is 0. The minimum atomic E-state index is 0.375. The van der Waals surface area contributed by atoms with Gasteiger partial charge in [-0.05, 0) is 12.1 Å². The molecule has 1 aliphatic rings. The molecule has 0 spiro atoms. The van der Waals surface area contributed by atoms with Gasteiger partial charge in [-0.1, -0.05) is 6.07 Å². The number of hydrogen-bond acceptors (Lipinski definition) is 4. The molecule has 5 nitrogen and oxygen atoms in total. The van der Waals surface area contributed by atoms with E-state index in [-0.39, 0.29) is 0 Å². The second kappa shape index (κ2) is 5.73. The van der Waals surface area contributed by atoms with Gasteiger partial charge in [-0.25, -0.2) is 4.98 Å². The lowest BCUT2D eigenvalue weighted by Gasteiger charge is -2.32. The number of rotatable bonds is 4. The van der Waals surface area contributed by atoms with Crippen LogP contribution in [0, 0.1) is 0 Å². The third-order valence-corrected chi connectivity index (χ3v) is 3.78. The van der Waals surface area contributed by atoms with Crippen LogP contribution < -0.4 is 0 Å². The van der Waals surface area contributed by atoms with Crippen LogP contribution in [-0.4, -0.2) is 39.7 Å². The highest BCUT2D eigenvalue weighted by molar-refractivity contribution is 5.22. The van der Waals surface area contributed by atoms with E-state index in [1.54, 1.807) is 7.11 Å². The van der Waals surface area contributed by atoms with Crippen LogP contribution in [-0.2, 0) is 24.9 Å². The first-order valence-corrected chi connectivity index (χ1v) is 6.89. The smallest absolute Gasteiger partial charge is 0.0949 e. The summed E-state index contributed by atoms with van der Waals surface area (Å²) in [7, 11) is 3.82. The Balaban J connectivity index is 1.79. The molecule has 0 amide bonds. The SMILES string of the molecule is COC[C@H]1CN(Cc2ccccn2)Cc2ncn(C)c21. The van der Waals surface area contributed by atoms with Gasteiger partial charge in [-0.15, -0.1) is 0 Å². The predicted molar refractivity (Wildman–Crippen MR) is 76.2 cm³/mol. The number of nitrogens with zero attached hydrogens (tertiary/aromatic N) is 4. The molecular weight excluding hydrogens is 252 g/mol. The lowest BCUT2D eigenvalue weighted by Crippen LogP contribution is -2.36. The third kappa shape index (κ3) is 2.59. The minimum absolute atomic E-state index is 0.375. The van der Waals surface area contributed by atoms with Crippen LogP contribution in [0.2, 0.25) is 0 Å². The van der Waals surface area contributed by atoms with Crippen molar-refractivity contribution in [2.45, 2.75) is 19.0 Å². The first-order chi connectivity index (χ1) is 9.78.